The van der Waals surface area contributed by atoms with Crippen LogP contribution in [0.15, 0.2) is 42.7 Å². The number of benzene rings is 1. The number of hydrogen-bond donors (Lipinski definition) is 1. The van der Waals surface area contributed by atoms with Gasteiger partial charge in [0.1, 0.15) is 12.3 Å². The molecule has 0 aliphatic carbocycles. The first-order valence-corrected chi connectivity index (χ1v) is 15.8. The van der Waals surface area contributed by atoms with Crippen LogP contribution >= 0.6 is 0 Å². The van der Waals surface area contributed by atoms with Crippen LogP contribution < -0.4 is 38.6 Å². The molecule has 1 heterocycles. The van der Waals surface area contributed by atoms with Crippen molar-refractivity contribution in [2.75, 3.05) is 6.61 Å². The number of carbonyl (C=O) groups excluding carboxylic acids is 1. The van der Waals surface area contributed by atoms with Crippen molar-refractivity contribution in [3.63, 3.8) is 0 Å². The molecule has 5 heteroatoms. The predicted octanol–water partition coefficient (Wildman–Crippen LogP) is 5.62. The smallest absolute Gasteiger partial charge is 0.224 e. The number of unbranched alkanes of at least 4 members (excludes halogenated alkanes) is 11. The first-order chi connectivity index (χ1) is 18.8. The Balaban J connectivity index is 0.00000800. The van der Waals surface area contributed by atoms with E-state index in [1.807, 2.05) is 6.07 Å². The molecular formula is C35H57IN2O2. The molecule has 1 N–H and O–H groups in total. The number of carbonyl (C=O) groups is 1. The zero-order valence-corrected chi connectivity index (χ0v) is 28.4. The first kappa shape index (κ1) is 36.4. The highest BCUT2D eigenvalue weighted by Gasteiger charge is 2.20. The molecule has 40 heavy (non-hydrogen) atoms. The molecule has 2 rings (SSSR count). The summed E-state index contributed by atoms with van der Waals surface area (Å²) in [5.41, 5.74) is 3.28. The molecule has 0 bridgehead atoms. The second-order valence-corrected chi connectivity index (χ2v) is 12.2. The van der Waals surface area contributed by atoms with Crippen LogP contribution in [0.3, 0.4) is 0 Å². The molecule has 2 aromatic rings. The molecule has 0 unspecified atom stereocenters. The minimum Gasteiger partial charge on any atom is -1.00 e. The SMILES string of the molecule is CCCCCCCCCCCCCCOc1ccc(CC(=O)NCc2cc[n+](CCC)cc2)cc1C(C)(C)C.[I-]. The van der Waals surface area contributed by atoms with E-state index in [4.69, 9.17) is 4.74 Å². The fourth-order valence-corrected chi connectivity index (χ4v) is 4.99. The Hall–Kier alpha value is -1.63. The minimum absolute atomic E-state index is 0. The molecule has 4 nitrogen and oxygen atoms in total. The summed E-state index contributed by atoms with van der Waals surface area (Å²) in [6.45, 7) is 13.4. The standard InChI is InChI=1S/C35H56N2O2.HI/c1-6-8-9-10-11-12-13-14-15-16-17-18-26-39-33-20-19-31(27-32(33)35(3,4)5)28-34(38)36-29-30-21-24-37(23-7-2)25-22-30;/h19-22,24-25,27H,6-18,23,26,28-29H2,1-5H3;1H. The topological polar surface area (TPSA) is 42.2 Å². The van der Waals surface area contributed by atoms with E-state index >= 15 is 0 Å². The molecule has 0 saturated carbocycles. The number of aryl methyl sites for hydroxylation is 1. The van der Waals surface area contributed by atoms with Crippen molar-refractivity contribution in [1.82, 2.24) is 5.32 Å². The summed E-state index contributed by atoms with van der Waals surface area (Å²) in [5, 5.41) is 3.07. The Bertz CT molecular complexity index is 937. The molecule has 226 valence electrons. The molecule has 0 spiro atoms. The van der Waals surface area contributed by atoms with E-state index in [9.17, 15) is 4.79 Å². The molecule has 0 saturated heterocycles. The number of ether oxygens (including phenoxy) is 1. The second-order valence-electron chi connectivity index (χ2n) is 12.2. The Morgan fingerprint density at radius 1 is 0.775 bits per heavy atom. The van der Waals surface area contributed by atoms with E-state index in [1.54, 1.807) is 0 Å². The third kappa shape index (κ3) is 15.4. The largest absolute Gasteiger partial charge is 1.00 e. The lowest BCUT2D eigenvalue weighted by Crippen LogP contribution is -3.00. The van der Waals surface area contributed by atoms with E-state index < -0.39 is 0 Å². The Morgan fingerprint density at radius 3 is 1.90 bits per heavy atom. The van der Waals surface area contributed by atoms with Crippen molar-refractivity contribution in [1.29, 1.82) is 0 Å². The lowest BCUT2D eigenvalue weighted by molar-refractivity contribution is -0.697. The number of aromatic nitrogens is 1. The fourth-order valence-electron chi connectivity index (χ4n) is 4.99. The lowest BCUT2D eigenvalue weighted by atomic mass is 9.85. The van der Waals surface area contributed by atoms with Crippen LogP contribution in [-0.2, 0) is 29.7 Å². The van der Waals surface area contributed by atoms with Crippen molar-refractivity contribution in [3.05, 3.63) is 59.4 Å². The summed E-state index contributed by atoms with van der Waals surface area (Å²) < 4.78 is 8.41. The van der Waals surface area contributed by atoms with Crippen molar-refractivity contribution in [2.45, 2.75) is 143 Å². The summed E-state index contributed by atoms with van der Waals surface area (Å²) in [5.74, 6) is 1.00. The lowest BCUT2D eigenvalue weighted by Gasteiger charge is -2.24. The zero-order chi connectivity index (χ0) is 28.3. The van der Waals surface area contributed by atoms with Gasteiger partial charge in [-0.3, -0.25) is 4.79 Å². The first-order valence-electron chi connectivity index (χ1n) is 15.8. The highest BCUT2D eigenvalue weighted by Crippen LogP contribution is 2.32. The van der Waals surface area contributed by atoms with Crippen molar-refractivity contribution >= 4 is 5.91 Å². The van der Waals surface area contributed by atoms with Gasteiger partial charge in [0.25, 0.3) is 0 Å². The number of pyridine rings is 1. The van der Waals surface area contributed by atoms with Gasteiger partial charge in [-0.2, -0.15) is 0 Å². The van der Waals surface area contributed by atoms with E-state index in [1.165, 1.54) is 76.2 Å². The van der Waals surface area contributed by atoms with E-state index in [2.05, 4.69) is 81.2 Å². The summed E-state index contributed by atoms with van der Waals surface area (Å²) in [7, 11) is 0. The van der Waals surface area contributed by atoms with Crippen LogP contribution in [0.4, 0.5) is 0 Å². The average molecular weight is 665 g/mol. The normalized spacial score (nSPS) is 11.2. The van der Waals surface area contributed by atoms with Gasteiger partial charge in [-0.25, -0.2) is 4.57 Å². The van der Waals surface area contributed by atoms with Gasteiger partial charge in [-0.05, 0) is 34.6 Å². The van der Waals surface area contributed by atoms with Gasteiger partial charge in [0.15, 0.2) is 12.4 Å². The monoisotopic (exact) mass is 664 g/mol. The van der Waals surface area contributed by atoms with Gasteiger partial charge in [-0.15, -0.1) is 0 Å². The molecule has 1 aromatic heterocycles. The number of hydrogen-bond acceptors (Lipinski definition) is 2. The highest BCUT2D eigenvalue weighted by atomic mass is 127. The molecule has 0 atom stereocenters. The quantitative estimate of drug-likeness (QED) is 0.113. The van der Waals surface area contributed by atoms with Gasteiger partial charge in [0, 0.05) is 25.1 Å². The molecule has 1 aromatic carbocycles. The van der Waals surface area contributed by atoms with Gasteiger partial charge < -0.3 is 34.0 Å². The summed E-state index contributed by atoms with van der Waals surface area (Å²) in [4.78, 5) is 12.7. The maximum atomic E-state index is 12.7. The van der Waals surface area contributed by atoms with Crippen LogP contribution in [0.25, 0.3) is 0 Å². The predicted molar refractivity (Wildman–Crippen MR) is 164 cm³/mol. The van der Waals surface area contributed by atoms with Crippen LogP contribution in [0.5, 0.6) is 5.75 Å². The van der Waals surface area contributed by atoms with Crippen molar-refractivity contribution < 1.29 is 38.1 Å². The van der Waals surface area contributed by atoms with Crippen LogP contribution in [0.2, 0.25) is 0 Å². The molecule has 0 aliphatic heterocycles. The van der Waals surface area contributed by atoms with Crippen LogP contribution in [0.1, 0.15) is 135 Å². The molecule has 0 aliphatic rings. The summed E-state index contributed by atoms with van der Waals surface area (Å²) in [6.07, 6.45) is 21.8. The Labute approximate surface area is 263 Å². The van der Waals surface area contributed by atoms with Gasteiger partial charge in [-0.1, -0.05) is 117 Å². The number of rotatable bonds is 20. The Morgan fingerprint density at radius 2 is 1.35 bits per heavy atom. The van der Waals surface area contributed by atoms with Crippen molar-refractivity contribution in [3.8, 4) is 5.75 Å². The number of nitrogens with zero attached hydrogens (tertiary/aromatic N) is 1. The number of nitrogens with one attached hydrogen (secondary N) is 1. The number of halogens is 1. The van der Waals surface area contributed by atoms with Gasteiger partial charge >= 0.3 is 0 Å². The summed E-state index contributed by atoms with van der Waals surface area (Å²) in [6, 6.07) is 10.4. The number of amides is 1. The van der Waals surface area contributed by atoms with Crippen molar-refractivity contribution in [2.24, 2.45) is 0 Å². The Kier molecular flexibility index (Phi) is 19.2. The van der Waals surface area contributed by atoms with E-state index in [-0.39, 0.29) is 35.3 Å². The molecule has 0 fully saturated rings. The summed E-state index contributed by atoms with van der Waals surface area (Å²) >= 11 is 0. The maximum Gasteiger partial charge on any atom is 0.224 e. The maximum absolute atomic E-state index is 12.7. The third-order valence-electron chi connectivity index (χ3n) is 7.40. The zero-order valence-electron chi connectivity index (χ0n) is 26.2. The molecule has 0 radical (unpaired) electrons. The van der Waals surface area contributed by atoms with Gasteiger partial charge in [0.2, 0.25) is 5.91 Å². The van der Waals surface area contributed by atoms with E-state index in [0.717, 1.165) is 42.9 Å². The van der Waals surface area contributed by atoms with Gasteiger partial charge in [0.05, 0.1) is 13.0 Å². The second kappa shape index (κ2) is 21.1. The van der Waals surface area contributed by atoms with E-state index in [0.29, 0.717) is 13.0 Å². The highest BCUT2D eigenvalue weighted by molar-refractivity contribution is 5.78. The van der Waals surface area contributed by atoms with Crippen LogP contribution in [-0.4, -0.2) is 12.5 Å². The average Bonchev–Trinajstić information content (AvgIpc) is 2.91. The third-order valence-corrected chi connectivity index (χ3v) is 7.40. The molecular weight excluding hydrogens is 607 g/mol. The fraction of sp³-hybridized carbons (Fsp3) is 0.657. The minimum atomic E-state index is -0.0454. The molecule has 1 amide bonds. The van der Waals surface area contributed by atoms with Crippen LogP contribution in [0, 0.1) is 0 Å².